The molecular weight excluding hydrogens is 202 g/mol. The summed E-state index contributed by atoms with van der Waals surface area (Å²) in [7, 11) is 0. The van der Waals surface area contributed by atoms with Crippen LogP contribution in [0.4, 0.5) is 0 Å². The van der Waals surface area contributed by atoms with Gasteiger partial charge < -0.3 is 5.32 Å². The predicted molar refractivity (Wildman–Crippen MR) is 71.7 cm³/mol. The highest BCUT2D eigenvalue weighted by atomic mass is 32.2. The molecule has 0 unspecified atom stereocenters. The third-order valence-electron chi connectivity index (χ3n) is 3.61. The molecule has 1 fully saturated rings. The molecule has 0 aromatic heterocycles. The lowest BCUT2D eigenvalue weighted by Crippen LogP contribution is -2.36. The molecule has 0 atom stereocenters. The van der Waals surface area contributed by atoms with Gasteiger partial charge in [0.1, 0.15) is 0 Å². The van der Waals surface area contributed by atoms with Crippen molar-refractivity contribution in [2.45, 2.75) is 58.4 Å². The Morgan fingerprint density at radius 3 is 2.47 bits per heavy atom. The van der Waals surface area contributed by atoms with Gasteiger partial charge in [-0.2, -0.15) is 11.8 Å². The highest BCUT2D eigenvalue weighted by Gasteiger charge is 2.32. The number of hydrogen-bond donors (Lipinski definition) is 1. The number of hydrogen-bond acceptors (Lipinski definition) is 2. The summed E-state index contributed by atoms with van der Waals surface area (Å²) in [6, 6.07) is 0.642. The Morgan fingerprint density at radius 2 is 1.93 bits per heavy atom. The first-order valence-electron chi connectivity index (χ1n) is 6.41. The van der Waals surface area contributed by atoms with Gasteiger partial charge in [0.25, 0.3) is 0 Å². The largest absolute Gasteiger partial charge is 0.314 e. The second kappa shape index (κ2) is 6.80. The summed E-state index contributed by atoms with van der Waals surface area (Å²) in [4.78, 5) is 0. The Balaban J connectivity index is 2.32. The maximum atomic E-state index is 3.65. The molecular formula is C13H27NS. The molecule has 0 bridgehead atoms. The van der Waals surface area contributed by atoms with E-state index >= 15 is 0 Å². The topological polar surface area (TPSA) is 12.0 Å². The lowest BCUT2D eigenvalue weighted by atomic mass is 9.81. The van der Waals surface area contributed by atoms with E-state index in [1.54, 1.807) is 0 Å². The Labute approximate surface area is 99.8 Å². The first kappa shape index (κ1) is 13.4. The van der Waals surface area contributed by atoms with Crippen LogP contribution in [0.15, 0.2) is 0 Å². The average molecular weight is 229 g/mol. The molecule has 0 spiro atoms. The van der Waals surface area contributed by atoms with Crippen molar-refractivity contribution >= 4 is 11.8 Å². The van der Waals surface area contributed by atoms with Crippen LogP contribution in [0.5, 0.6) is 0 Å². The molecule has 1 aliphatic rings. The molecule has 15 heavy (non-hydrogen) atoms. The van der Waals surface area contributed by atoms with Gasteiger partial charge in [-0.1, -0.05) is 26.7 Å². The second-order valence-electron chi connectivity index (χ2n) is 5.34. The molecule has 0 heterocycles. The quantitative estimate of drug-likeness (QED) is 0.668. The van der Waals surface area contributed by atoms with Crippen molar-refractivity contribution < 1.29 is 0 Å². The molecule has 0 aromatic rings. The van der Waals surface area contributed by atoms with Crippen molar-refractivity contribution in [2.75, 3.05) is 18.6 Å². The van der Waals surface area contributed by atoms with Gasteiger partial charge in [-0.25, -0.2) is 0 Å². The summed E-state index contributed by atoms with van der Waals surface area (Å²) in [6.45, 7) is 5.76. The minimum absolute atomic E-state index is 0.642. The fourth-order valence-electron chi connectivity index (χ4n) is 2.65. The fourth-order valence-corrected chi connectivity index (χ4v) is 3.09. The molecule has 1 aliphatic carbocycles. The van der Waals surface area contributed by atoms with E-state index in [1.165, 1.54) is 50.8 Å². The van der Waals surface area contributed by atoms with E-state index in [-0.39, 0.29) is 0 Å². The van der Waals surface area contributed by atoms with Crippen LogP contribution in [0.2, 0.25) is 0 Å². The van der Waals surface area contributed by atoms with E-state index in [4.69, 9.17) is 0 Å². The highest BCUT2D eigenvalue weighted by molar-refractivity contribution is 7.98. The summed E-state index contributed by atoms with van der Waals surface area (Å²) < 4.78 is 0. The van der Waals surface area contributed by atoms with Gasteiger partial charge in [0.15, 0.2) is 0 Å². The van der Waals surface area contributed by atoms with Crippen LogP contribution < -0.4 is 5.32 Å². The van der Waals surface area contributed by atoms with E-state index < -0.39 is 0 Å². The van der Waals surface area contributed by atoms with Crippen molar-refractivity contribution in [3.8, 4) is 0 Å². The molecule has 90 valence electrons. The fraction of sp³-hybridized carbons (Fsp3) is 1.00. The Morgan fingerprint density at radius 1 is 1.27 bits per heavy atom. The third kappa shape index (κ3) is 4.78. The van der Waals surface area contributed by atoms with Crippen LogP contribution in [0.25, 0.3) is 0 Å². The van der Waals surface area contributed by atoms with Crippen LogP contribution in [-0.4, -0.2) is 24.6 Å². The molecule has 1 N–H and O–H groups in total. The molecule has 0 aromatic carbocycles. The zero-order chi connectivity index (χ0) is 11.1. The maximum absolute atomic E-state index is 3.65. The van der Waals surface area contributed by atoms with Gasteiger partial charge in [-0.05, 0) is 43.1 Å². The standard InChI is InChI=1S/C13H27NS/c1-12(2)14-11-13(7-4-5-8-13)9-6-10-15-3/h12,14H,4-11H2,1-3H3. The molecule has 0 aliphatic heterocycles. The molecule has 0 radical (unpaired) electrons. The van der Waals surface area contributed by atoms with Crippen molar-refractivity contribution in [3.05, 3.63) is 0 Å². The molecule has 1 saturated carbocycles. The summed E-state index contributed by atoms with van der Waals surface area (Å²) in [5.41, 5.74) is 0.653. The van der Waals surface area contributed by atoms with Gasteiger partial charge >= 0.3 is 0 Å². The van der Waals surface area contributed by atoms with Crippen LogP contribution >= 0.6 is 11.8 Å². The first-order chi connectivity index (χ1) is 7.18. The lowest BCUT2D eigenvalue weighted by Gasteiger charge is -2.30. The second-order valence-corrected chi connectivity index (χ2v) is 6.32. The first-order valence-corrected chi connectivity index (χ1v) is 7.80. The van der Waals surface area contributed by atoms with E-state index in [9.17, 15) is 0 Å². The van der Waals surface area contributed by atoms with Crippen molar-refractivity contribution in [1.82, 2.24) is 5.32 Å². The molecule has 1 rings (SSSR count). The minimum atomic E-state index is 0.642. The normalized spacial score (nSPS) is 20.0. The van der Waals surface area contributed by atoms with E-state index in [2.05, 4.69) is 25.4 Å². The van der Waals surface area contributed by atoms with E-state index in [0.717, 1.165) is 0 Å². The van der Waals surface area contributed by atoms with Crippen molar-refractivity contribution in [1.29, 1.82) is 0 Å². The van der Waals surface area contributed by atoms with E-state index in [1.807, 2.05) is 11.8 Å². The van der Waals surface area contributed by atoms with Crippen LogP contribution in [-0.2, 0) is 0 Å². The third-order valence-corrected chi connectivity index (χ3v) is 4.30. The summed E-state index contributed by atoms with van der Waals surface area (Å²) in [5, 5.41) is 3.65. The monoisotopic (exact) mass is 229 g/mol. The SMILES string of the molecule is CSCCCC1(CNC(C)C)CCCC1. The van der Waals surface area contributed by atoms with Gasteiger partial charge in [0, 0.05) is 12.6 Å². The van der Waals surface area contributed by atoms with Gasteiger partial charge in [-0.15, -0.1) is 0 Å². The van der Waals surface area contributed by atoms with Gasteiger partial charge in [0.05, 0.1) is 0 Å². The Hall–Kier alpha value is 0.310. The van der Waals surface area contributed by atoms with Crippen LogP contribution in [0, 0.1) is 5.41 Å². The summed E-state index contributed by atoms with van der Waals surface area (Å²) in [6.07, 6.45) is 10.9. The molecule has 0 saturated heterocycles. The lowest BCUT2D eigenvalue weighted by molar-refractivity contribution is 0.248. The smallest absolute Gasteiger partial charge is 0.00106 e. The predicted octanol–water partition coefficient (Wildman–Crippen LogP) is 3.69. The van der Waals surface area contributed by atoms with Gasteiger partial charge in [0.2, 0.25) is 0 Å². The molecule has 1 nitrogen and oxygen atoms in total. The van der Waals surface area contributed by atoms with Crippen molar-refractivity contribution in [3.63, 3.8) is 0 Å². The Bertz CT molecular complexity index is 162. The summed E-state index contributed by atoms with van der Waals surface area (Å²) in [5.74, 6) is 1.34. The van der Waals surface area contributed by atoms with Crippen LogP contribution in [0.1, 0.15) is 52.4 Å². The zero-order valence-corrected chi connectivity index (χ0v) is 11.5. The Kier molecular flexibility index (Phi) is 6.06. The number of rotatable bonds is 7. The summed E-state index contributed by atoms with van der Waals surface area (Å²) >= 11 is 1.99. The van der Waals surface area contributed by atoms with Gasteiger partial charge in [-0.3, -0.25) is 0 Å². The minimum Gasteiger partial charge on any atom is -0.314 e. The maximum Gasteiger partial charge on any atom is 0.00106 e. The van der Waals surface area contributed by atoms with Crippen molar-refractivity contribution in [2.24, 2.45) is 5.41 Å². The zero-order valence-electron chi connectivity index (χ0n) is 10.6. The highest BCUT2D eigenvalue weighted by Crippen LogP contribution is 2.41. The van der Waals surface area contributed by atoms with Crippen LogP contribution in [0.3, 0.4) is 0 Å². The number of thioether (sulfide) groups is 1. The van der Waals surface area contributed by atoms with E-state index in [0.29, 0.717) is 11.5 Å². The number of nitrogens with one attached hydrogen (secondary N) is 1. The molecule has 2 heteroatoms. The average Bonchev–Trinajstić information content (AvgIpc) is 2.65. The molecule has 0 amide bonds.